The molecule has 21 heavy (non-hydrogen) atoms. The Hall–Kier alpha value is -2.43. The highest BCUT2D eigenvalue weighted by Crippen LogP contribution is 2.23. The van der Waals surface area contributed by atoms with E-state index >= 15 is 0 Å². The molecule has 0 radical (unpaired) electrons. The molecular weight excluding hydrogens is 268 g/mol. The number of nitrogens with zero attached hydrogens (tertiary/aromatic N) is 2. The molecule has 0 bridgehead atoms. The summed E-state index contributed by atoms with van der Waals surface area (Å²) in [5, 5.41) is 10.5. The molecule has 1 aromatic carbocycles. The van der Waals surface area contributed by atoms with Gasteiger partial charge in [0.15, 0.2) is 0 Å². The maximum atomic E-state index is 12.3. The van der Waals surface area contributed by atoms with Gasteiger partial charge in [-0.3, -0.25) is 14.6 Å². The van der Waals surface area contributed by atoms with Gasteiger partial charge in [-0.2, -0.15) is 0 Å². The van der Waals surface area contributed by atoms with E-state index in [2.05, 4.69) is 18.8 Å². The topological polar surface area (TPSA) is 70.5 Å². The van der Waals surface area contributed by atoms with E-state index in [0.717, 1.165) is 10.8 Å². The first-order chi connectivity index (χ1) is 9.90. The van der Waals surface area contributed by atoms with Crippen LogP contribution in [0.2, 0.25) is 0 Å². The smallest absolute Gasteiger partial charge is 0.323 e. The highest BCUT2D eigenvalue weighted by atomic mass is 16.4. The molecule has 1 aromatic heterocycles. The Labute approximate surface area is 123 Å². The van der Waals surface area contributed by atoms with E-state index in [1.54, 1.807) is 6.20 Å². The summed E-state index contributed by atoms with van der Waals surface area (Å²) in [6.45, 7) is 3.87. The Bertz CT molecular complexity index is 695. The lowest BCUT2D eigenvalue weighted by molar-refractivity contribution is -0.137. The van der Waals surface area contributed by atoms with Crippen LogP contribution < -0.4 is 0 Å². The first-order valence-electron chi connectivity index (χ1n) is 6.75. The number of pyridine rings is 1. The summed E-state index contributed by atoms with van der Waals surface area (Å²) in [5.41, 5.74) is 1.60. The van der Waals surface area contributed by atoms with Crippen molar-refractivity contribution in [1.29, 1.82) is 0 Å². The van der Waals surface area contributed by atoms with E-state index in [1.807, 2.05) is 18.2 Å². The number of carbonyl (C=O) groups is 2. The fraction of sp³-hybridized carbons (Fsp3) is 0.312. The van der Waals surface area contributed by atoms with Crippen molar-refractivity contribution in [3.8, 4) is 0 Å². The Kier molecular flexibility index (Phi) is 4.21. The Morgan fingerprint density at radius 1 is 1.29 bits per heavy atom. The standard InChI is InChI=1S/C16H18N2O3/c1-10(2)11-4-5-13-12(6-11)7-17-8-14(13)16(21)18(3)9-15(19)20/h4-8,10H,9H2,1-3H3,(H,19,20). The zero-order valence-electron chi connectivity index (χ0n) is 12.3. The van der Waals surface area contributed by atoms with Crippen LogP contribution in [0.15, 0.2) is 30.6 Å². The van der Waals surface area contributed by atoms with Crippen LogP contribution in [0, 0.1) is 0 Å². The van der Waals surface area contributed by atoms with Gasteiger partial charge in [-0.1, -0.05) is 26.0 Å². The third-order valence-electron chi connectivity index (χ3n) is 3.40. The van der Waals surface area contributed by atoms with Gasteiger partial charge >= 0.3 is 5.97 Å². The summed E-state index contributed by atoms with van der Waals surface area (Å²) in [6, 6.07) is 5.90. The summed E-state index contributed by atoms with van der Waals surface area (Å²) < 4.78 is 0. The minimum absolute atomic E-state index is 0.334. The SMILES string of the molecule is CC(C)c1ccc2c(C(=O)N(C)CC(=O)O)cncc2c1. The summed E-state index contributed by atoms with van der Waals surface area (Å²) in [7, 11) is 1.47. The first-order valence-corrected chi connectivity index (χ1v) is 6.75. The molecule has 0 aliphatic carbocycles. The van der Waals surface area contributed by atoms with Crippen molar-refractivity contribution in [3.63, 3.8) is 0 Å². The molecule has 0 unspecified atom stereocenters. The highest BCUT2D eigenvalue weighted by Gasteiger charge is 2.17. The number of carboxylic acid groups (broad SMARTS) is 1. The minimum atomic E-state index is -1.04. The van der Waals surface area contributed by atoms with Crippen molar-refractivity contribution in [2.24, 2.45) is 0 Å². The normalized spacial score (nSPS) is 10.9. The molecule has 0 spiro atoms. The van der Waals surface area contributed by atoms with Crippen LogP contribution in [-0.2, 0) is 4.79 Å². The van der Waals surface area contributed by atoms with Crippen molar-refractivity contribution in [1.82, 2.24) is 9.88 Å². The average Bonchev–Trinajstić information content (AvgIpc) is 2.44. The molecular formula is C16H18N2O3. The predicted octanol–water partition coefficient (Wildman–Crippen LogP) is 2.51. The molecule has 1 heterocycles. The zero-order chi connectivity index (χ0) is 15.6. The van der Waals surface area contributed by atoms with Gasteiger partial charge in [-0.15, -0.1) is 0 Å². The molecule has 2 rings (SSSR count). The number of rotatable bonds is 4. The van der Waals surface area contributed by atoms with Crippen LogP contribution >= 0.6 is 0 Å². The number of carboxylic acids is 1. The lowest BCUT2D eigenvalue weighted by atomic mass is 9.98. The molecule has 1 N–H and O–H groups in total. The molecule has 5 heteroatoms. The van der Waals surface area contributed by atoms with Crippen LogP contribution in [0.25, 0.3) is 10.8 Å². The van der Waals surface area contributed by atoms with E-state index in [-0.39, 0.29) is 12.5 Å². The quantitative estimate of drug-likeness (QED) is 0.937. The Balaban J connectivity index is 2.45. The first kappa shape index (κ1) is 15.0. The molecule has 0 aliphatic rings. The van der Waals surface area contributed by atoms with Gasteiger partial charge in [-0.25, -0.2) is 0 Å². The maximum absolute atomic E-state index is 12.3. The number of carbonyl (C=O) groups excluding carboxylic acids is 1. The Morgan fingerprint density at radius 2 is 2.00 bits per heavy atom. The van der Waals surface area contributed by atoms with Gasteiger partial charge in [0.05, 0.1) is 5.56 Å². The number of aliphatic carboxylic acids is 1. The van der Waals surface area contributed by atoms with Crippen molar-refractivity contribution < 1.29 is 14.7 Å². The molecule has 0 fully saturated rings. The van der Waals surface area contributed by atoms with E-state index in [4.69, 9.17) is 5.11 Å². The molecule has 0 atom stereocenters. The summed E-state index contributed by atoms with van der Waals surface area (Å²) in [5.74, 6) is -0.989. The second kappa shape index (κ2) is 5.91. The monoisotopic (exact) mass is 286 g/mol. The molecule has 0 saturated carbocycles. The predicted molar refractivity (Wildman–Crippen MR) is 80.4 cm³/mol. The van der Waals surface area contributed by atoms with Gasteiger partial charge in [-0.05, 0) is 22.9 Å². The van der Waals surface area contributed by atoms with E-state index in [0.29, 0.717) is 11.5 Å². The molecule has 0 aliphatic heterocycles. The molecule has 0 saturated heterocycles. The van der Waals surface area contributed by atoms with Gasteiger partial charge in [0.25, 0.3) is 5.91 Å². The van der Waals surface area contributed by atoms with E-state index < -0.39 is 5.97 Å². The van der Waals surface area contributed by atoms with Crippen molar-refractivity contribution in [2.75, 3.05) is 13.6 Å². The second-order valence-corrected chi connectivity index (χ2v) is 5.38. The third kappa shape index (κ3) is 3.18. The number of hydrogen-bond donors (Lipinski definition) is 1. The lowest BCUT2D eigenvalue weighted by Gasteiger charge is -2.16. The number of amides is 1. The fourth-order valence-corrected chi connectivity index (χ4v) is 2.20. The van der Waals surface area contributed by atoms with E-state index in [1.165, 1.54) is 23.7 Å². The fourth-order valence-electron chi connectivity index (χ4n) is 2.20. The van der Waals surface area contributed by atoms with Gasteiger partial charge < -0.3 is 10.0 Å². The molecule has 5 nitrogen and oxygen atoms in total. The van der Waals surface area contributed by atoms with Crippen LogP contribution in [0.1, 0.15) is 35.7 Å². The summed E-state index contributed by atoms with van der Waals surface area (Å²) in [4.78, 5) is 28.3. The van der Waals surface area contributed by atoms with E-state index in [9.17, 15) is 9.59 Å². The zero-order valence-corrected chi connectivity index (χ0v) is 12.3. The second-order valence-electron chi connectivity index (χ2n) is 5.38. The number of aromatic nitrogens is 1. The molecule has 110 valence electrons. The largest absolute Gasteiger partial charge is 0.480 e. The number of benzene rings is 1. The van der Waals surface area contributed by atoms with Crippen LogP contribution in [0.4, 0.5) is 0 Å². The lowest BCUT2D eigenvalue weighted by Crippen LogP contribution is -2.32. The van der Waals surface area contributed by atoms with Gasteiger partial charge in [0, 0.05) is 24.8 Å². The maximum Gasteiger partial charge on any atom is 0.323 e. The van der Waals surface area contributed by atoms with Crippen LogP contribution in [0.3, 0.4) is 0 Å². The third-order valence-corrected chi connectivity index (χ3v) is 3.40. The van der Waals surface area contributed by atoms with Gasteiger partial charge in [0.1, 0.15) is 6.54 Å². The Morgan fingerprint density at radius 3 is 2.62 bits per heavy atom. The van der Waals surface area contributed by atoms with Crippen LogP contribution in [-0.4, -0.2) is 40.5 Å². The number of likely N-dealkylation sites (N-methyl/N-ethyl adjacent to an activating group) is 1. The molecule has 1 amide bonds. The number of fused-ring (bicyclic) bond motifs is 1. The summed E-state index contributed by atoms with van der Waals surface area (Å²) >= 11 is 0. The van der Waals surface area contributed by atoms with Crippen molar-refractivity contribution >= 4 is 22.6 Å². The summed E-state index contributed by atoms with van der Waals surface area (Å²) in [6.07, 6.45) is 3.20. The van der Waals surface area contributed by atoms with Crippen molar-refractivity contribution in [2.45, 2.75) is 19.8 Å². The average molecular weight is 286 g/mol. The highest BCUT2D eigenvalue weighted by molar-refractivity contribution is 6.07. The molecule has 2 aromatic rings. The minimum Gasteiger partial charge on any atom is -0.480 e. The van der Waals surface area contributed by atoms with Crippen molar-refractivity contribution in [3.05, 3.63) is 41.7 Å². The van der Waals surface area contributed by atoms with Gasteiger partial charge in [0.2, 0.25) is 0 Å². The van der Waals surface area contributed by atoms with Crippen LogP contribution in [0.5, 0.6) is 0 Å². The number of hydrogen-bond acceptors (Lipinski definition) is 3.